The van der Waals surface area contributed by atoms with E-state index in [9.17, 15) is 4.79 Å². The SMILES string of the molecule is O=C(O)C1=[C-]Oc2ccccc2O1.[Li+]. The van der Waals surface area contributed by atoms with Gasteiger partial charge in [-0.1, -0.05) is 18.2 Å². The Morgan fingerprint density at radius 2 is 1.93 bits per heavy atom. The van der Waals surface area contributed by atoms with E-state index in [1.54, 1.807) is 24.3 Å². The van der Waals surface area contributed by atoms with Gasteiger partial charge in [0.15, 0.2) is 0 Å². The van der Waals surface area contributed by atoms with Crippen LogP contribution in [-0.2, 0) is 4.79 Å². The molecular formula is C9H5LiO4. The summed E-state index contributed by atoms with van der Waals surface area (Å²) in [6.45, 7) is 0. The van der Waals surface area contributed by atoms with Gasteiger partial charge < -0.3 is 19.4 Å². The zero-order valence-electron chi connectivity index (χ0n) is 7.48. The summed E-state index contributed by atoms with van der Waals surface area (Å²) in [7, 11) is 0. The average molecular weight is 184 g/mol. The number of hydrogen-bond donors (Lipinski definition) is 1. The van der Waals surface area contributed by atoms with E-state index in [0.717, 1.165) is 0 Å². The number of carboxylic acid groups (broad SMARTS) is 1. The average Bonchev–Trinajstić information content (AvgIpc) is 2.17. The van der Waals surface area contributed by atoms with Crippen molar-refractivity contribution in [2.45, 2.75) is 0 Å². The zero-order valence-corrected chi connectivity index (χ0v) is 7.48. The minimum atomic E-state index is -1.20. The summed E-state index contributed by atoms with van der Waals surface area (Å²) in [5.41, 5.74) is 0. The van der Waals surface area contributed by atoms with Crippen molar-refractivity contribution >= 4 is 5.97 Å². The Morgan fingerprint density at radius 1 is 1.29 bits per heavy atom. The zero-order chi connectivity index (χ0) is 9.26. The first-order valence-corrected chi connectivity index (χ1v) is 3.57. The molecule has 0 aliphatic carbocycles. The maximum Gasteiger partial charge on any atom is 1.00 e. The molecule has 1 aromatic rings. The molecule has 0 bridgehead atoms. The number of para-hydroxylation sites is 2. The van der Waals surface area contributed by atoms with Crippen LogP contribution in [0.5, 0.6) is 11.5 Å². The predicted molar refractivity (Wildman–Crippen MR) is 42.1 cm³/mol. The van der Waals surface area contributed by atoms with E-state index >= 15 is 0 Å². The molecule has 14 heavy (non-hydrogen) atoms. The first-order valence-electron chi connectivity index (χ1n) is 3.57. The van der Waals surface area contributed by atoms with Gasteiger partial charge in [0.25, 0.3) is 5.97 Å². The Hall–Kier alpha value is -1.37. The largest absolute Gasteiger partial charge is 1.00 e. The standard InChI is InChI=1S/C9H5O4.Li/c10-9(11)8-5-12-6-3-1-2-4-7(6)13-8;/h1-4H,(H,10,11);/q-1;+1. The molecule has 4 nitrogen and oxygen atoms in total. The fourth-order valence-corrected chi connectivity index (χ4v) is 0.938. The van der Waals surface area contributed by atoms with Crippen molar-refractivity contribution in [3.63, 3.8) is 0 Å². The van der Waals surface area contributed by atoms with E-state index in [0.29, 0.717) is 11.5 Å². The van der Waals surface area contributed by atoms with Crippen LogP contribution in [0.4, 0.5) is 0 Å². The monoisotopic (exact) mass is 184 g/mol. The number of aliphatic carboxylic acids is 1. The van der Waals surface area contributed by atoms with Gasteiger partial charge in [-0.2, -0.15) is 0 Å². The molecule has 0 atom stereocenters. The summed E-state index contributed by atoms with van der Waals surface area (Å²) < 4.78 is 9.88. The second kappa shape index (κ2) is 4.23. The van der Waals surface area contributed by atoms with Crippen molar-refractivity contribution < 1.29 is 38.2 Å². The van der Waals surface area contributed by atoms with Gasteiger partial charge in [-0.3, -0.25) is 0 Å². The molecular weight excluding hydrogens is 179 g/mol. The molecule has 0 fully saturated rings. The van der Waals surface area contributed by atoms with E-state index in [2.05, 4.69) is 6.26 Å². The topological polar surface area (TPSA) is 55.8 Å². The van der Waals surface area contributed by atoms with Crippen molar-refractivity contribution in [2.24, 2.45) is 0 Å². The van der Waals surface area contributed by atoms with Crippen molar-refractivity contribution in [2.75, 3.05) is 0 Å². The maximum atomic E-state index is 10.5. The fourth-order valence-electron chi connectivity index (χ4n) is 0.938. The van der Waals surface area contributed by atoms with Crippen LogP contribution in [0.1, 0.15) is 0 Å². The van der Waals surface area contributed by atoms with Gasteiger partial charge >= 0.3 is 18.9 Å². The van der Waals surface area contributed by atoms with Crippen LogP contribution in [0, 0.1) is 6.26 Å². The molecule has 0 aromatic heterocycles. The van der Waals surface area contributed by atoms with Crippen molar-refractivity contribution in [3.8, 4) is 11.5 Å². The van der Waals surface area contributed by atoms with Crippen molar-refractivity contribution in [1.82, 2.24) is 0 Å². The van der Waals surface area contributed by atoms with Gasteiger partial charge in [0.05, 0.1) is 5.75 Å². The summed E-state index contributed by atoms with van der Waals surface area (Å²) in [4.78, 5) is 10.5. The Bertz CT molecular complexity index is 386. The van der Waals surface area contributed by atoms with E-state index in [1.165, 1.54) is 0 Å². The van der Waals surface area contributed by atoms with Crippen LogP contribution in [0.15, 0.2) is 30.0 Å². The van der Waals surface area contributed by atoms with Crippen molar-refractivity contribution in [1.29, 1.82) is 0 Å². The third-order valence-electron chi connectivity index (χ3n) is 1.51. The summed E-state index contributed by atoms with van der Waals surface area (Å²) in [6, 6.07) is 6.78. The molecule has 1 aromatic carbocycles. The molecule has 1 N–H and O–H groups in total. The number of benzene rings is 1. The van der Waals surface area contributed by atoms with Crippen LogP contribution in [-0.4, -0.2) is 11.1 Å². The summed E-state index contributed by atoms with van der Waals surface area (Å²) in [5.74, 6) is -0.681. The minimum absolute atomic E-state index is 0. The molecule has 0 saturated carbocycles. The Balaban J connectivity index is 0.000000980. The van der Waals surface area contributed by atoms with Gasteiger partial charge in [-0.25, -0.2) is 0 Å². The first-order chi connectivity index (χ1) is 6.27. The van der Waals surface area contributed by atoms with E-state index in [-0.39, 0.29) is 24.6 Å². The van der Waals surface area contributed by atoms with E-state index in [4.69, 9.17) is 14.6 Å². The third-order valence-corrected chi connectivity index (χ3v) is 1.51. The summed E-state index contributed by atoms with van der Waals surface area (Å²) in [5, 5.41) is 8.56. The van der Waals surface area contributed by atoms with Gasteiger partial charge in [0.2, 0.25) is 0 Å². The van der Waals surface area contributed by atoms with Gasteiger partial charge in [-0.15, -0.1) is 0 Å². The molecule has 0 spiro atoms. The molecule has 2 rings (SSSR count). The first kappa shape index (κ1) is 10.7. The molecule has 1 heterocycles. The van der Waals surface area contributed by atoms with E-state index in [1.807, 2.05) is 0 Å². The molecule has 0 unspecified atom stereocenters. The van der Waals surface area contributed by atoms with Crippen molar-refractivity contribution in [3.05, 3.63) is 36.3 Å². The molecule has 5 heteroatoms. The number of ether oxygens (including phenoxy) is 2. The number of hydrogen-bond acceptors (Lipinski definition) is 3. The normalized spacial score (nSPS) is 12.4. The van der Waals surface area contributed by atoms with Gasteiger partial charge in [0, 0.05) is 6.26 Å². The Labute approximate surface area is 92.3 Å². The predicted octanol–water partition coefficient (Wildman–Crippen LogP) is -1.81. The quantitative estimate of drug-likeness (QED) is 0.413. The minimum Gasteiger partial charge on any atom is -0.573 e. The van der Waals surface area contributed by atoms with Crippen LogP contribution in [0.3, 0.4) is 0 Å². The summed E-state index contributed by atoms with van der Waals surface area (Å²) >= 11 is 0. The molecule has 1 aliphatic heterocycles. The number of carbonyl (C=O) groups is 1. The van der Waals surface area contributed by atoms with Crippen LogP contribution >= 0.6 is 0 Å². The fraction of sp³-hybridized carbons (Fsp3) is 0. The Kier molecular flexibility index (Phi) is 3.23. The molecule has 0 saturated heterocycles. The second-order valence-corrected chi connectivity index (χ2v) is 2.39. The second-order valence-electron chi connectivity index (χ2n) is 2.39. The van der Waals surface area contributed by atoms with Gasteiger partial charge in [-0.05, 0) is 6.07 Å². The maximum absolute atomic E-state index is 10.5. The number of carboxylic acids is 1. The van der Waals surface area contributed by atoms with Crippen LogP contribution < -0.4 is 28.3 Å². The smallest absolute Gasteiger partial charge is 0.573 e. The molecule has 0 radical (unpaired) electrons. The van der Waals surface area contributed by atoms with Gasteiger partial charge in [0.1, 0.15) is 11.5 Å². The Morgan fingerprint density at radius 3 is 2.57 bits per heavy atom. The molecule has 66 valence electrons. The molecule has 1 aliphatic rings. The third kappa shape index (κ3) is 1.92. The summed E-state index contributed by atoms with van der Waals surface area (Å²) in [6.07, 6.45) is 2.17. The van der Waals surface area contributed by atoms with E-state index < -0.39 is 5.97 Å². The number of rotatable bonds is 1. The number of fused-ring (bicyclic) bond motifs is 1. The molecule has 0 amide bonds. The van der Waals surface area contributed by atoms with Crippen LogP contribution in [0.25, 0.3) is 0 Å². The van der Waals surface area contributed by atoms with Crippen LogP contribution in [0.2, 0.25) is 0 Å².